The largest absolute Gasteiger partial charge is 0.386 e. The molecule has 81 heavy (non-hydrogen) atoms. The van der Waals surface area contributed by atoms with Crippen LogP contribution in [0.5, 0.6) is 0 Å². The predicted molar refractivity (Wildman–Crippen MR) is 310 cm³/mol. The Morgan fingerprint density at radius 2 is 1.49 bits per heavy atom. The molecular formula is C54H83N12O12PS2. The number of amides is 7. The zero-order valence-corrected chi connectivity index (χ0v) is 50.8. The highest BCUT2D eigenvalue weighted by Crippen LogP contribution is 2.37. The molecular weight excluding hydrogens is 1100 g/mol. The maximum absolute atomic E-state index is 14.6. The standard InChI is InChI=1S/C54H83N12O12PS2/c1-12-34(6)49(41(78-11)28-46(70)66-24-16-19-39(66)27-35(7)52(72)57-36(8)50(71)37-17-14-13-15-18-37)65(10)54(74)47(32(2)3)59-53(73)48(33(4)5)64(9)45(69)23-26-81-80-25-22-43(67)56-30-44(68)58-38-20-21-40(55-29-38)51-62-60-42(61-63-51)31-79(75,76)77/h13-15,17-18,20-21,29,32-36,39,41,47-50,71H,12,16,19,22-28,30-31H2,1-11H3,(H,56,67)(H,57,72)(H,58,68)(H,59,73)(H2,75,76,77)/t34-,35+,36+,39-,41+,47-,48-,49-,50+/m0/s1. The van der Waals surface area contributed by atoms with Crippen molar-refractivity contribution in [3.8, 4) is 11.5 Å². The van der Waals surface area contributed by atoms with Gasteiger partial charge < -0.3 is 55.6 Å². The smallest absolute Gasteiger partial charge is 0.333 e. The summed E-state index contributed by atoms with van der Waals surface area (Å²) in [7, 11) is 3.16. The summed E-state index contributed by atoms with van der Waals surface area (Å²) >= 11 is 0. The third-order valence-electron chi connectivity index (χ3n) is 14.3. The number of anilines is 1. The van der Waals surface area contributed by atoms with Crippen molar-refractivity contribution in [2.45, 2.75) is 149 Å². The van der Waals surface area contributed by atoms with Crippen molar-refractivity contribution in [1.82, 2.24) is 56.0 Å². The van der Waals surface area contributed by atoms with Crippen LogP contribution in [0.15, 0.2) is 48.7 Å². The number of nitrogens with zero attached hydrogens (tertiary/aromatic N) is 8. The molecule has 0 radical (unpaired) electrons. The van der Waals surface area contributed by atoms with Gasteiger partial charge in [0.15, 0.2) is 5.82 Å². The van der Waals surface area contributed by atoms with Gasteiger partial charge in [-0.25, -0.2) is 0 Å². The van der Waals surface area contributed by atoms with Crippen molar-refractivity contribution in [1.29, 1.82) is 0 Å². The molecule has 24 nitrogen and oxygen atoms in total. The quantitative estimate of drug-likeness (QED) is 0.0259. The molecule has 2 aromatic heterocycles. The van der Waals surface area contributed by atoms with Gasteiger partial charge in [0.1, 0.15) is 23.9 Å². The highest BCUT2D eigenvalue weighted by Gasteiger charge is 2.41. The fourth-order valence-electron chi connectivity index (χ4n) is 9.61. The number of carbonyl (C=O) groups excluding carboxylic acids is 7. The molecule has 1 aliphatic rings. The van der Waals surface area contributed by atoms with E-state index in [1.54, 1.807) is 25.9 Å². The van der Waals surface area contributed by atoms with Gasteiger partial charge >= 0.3 is 7.60 Å². The number of likely N-dealkylation sites (tertiary alicyclic amines) is 1. The van der Waals surface area contributed by atoms with Crippen LogP contribution < -0.4 is 21.3 Å². The molecule has 1 aliphatic heterocycles. The summed E-state index contributed by atoms with van der Waals surface area (Å²) in [6.07, 6.45) is 1.91. The van der Waals surface area contributed by atoms with Crippen LogP contribution in [0.4, 0.5) is 5.69 Å². The fourth-order valence-corrected chi connectivity index (χ4v) is 12.1. The van der Waals surface area contributed by atoms with Crippen molar-refractivity contribution in [3.63, 3.8) is 0 Å². The molecule has 1 aromatic carbocycles. The Balaban J connectivity index is 1.23. The number of rotatable bonds is 32. The van der Waals surface area contributed by atoms with Crippen LogP contribution in [0.3, 0.4) is 0 Å². The highest BCUT2D eigenvalue weighted by atomic mass is 33.1. The lowest BCUT2D eigenvalue weighted by Crippen LogP contribution is -2.60. The number of aliphatic hydroxyl groups excluding tert-OH is 1. The number of hydrogen-bond donors (Lipinski definition) is 7. The Morgan fingerprint density at radius 3 is 2.07 bits per heavy atom. The Kier molecular flexibility index (Phi) is 27.5. The molecule has 9 atom stereocenters. The molecule has 0 saturated carbocycles. The van der Waals surface area contributed by atoms with E-state index >= 15 is 0 Å². The summed E-state index contributed by atoms with van der Waals surface area (Å²) in [5.74, 6) is -2.93. The first-order valence-electron chi connectivity index (χ1n) is 27.3. The van der Waals surface area contributed by atoms with Crippen molar-refractivity contribution in [3.05, 3.63) is 60.0 Å². The molecule has 7 amide bonds. The van der Waals surface area contributed by atoms with Gasteiger partial charge in [0.25, 0.3) is 0 Å². The molecule has 3 heterocycles. The maximum atomic E-state index is 14.6. The van der Waals surface area contributed by atoms with E-state index in [2.05, 4.69) is 46.6 Å². The van der Waals surface area contributed by atoms with Crippen LogP contribution >= 0.6 is 29.2 Å². The average molecular weight is 1190 g/mol. The van der Waals surface area contributed by atoms with Crippen LogP contribution in [0.1, 0.15) is 118 Å². The first-order chi connectivity index (χ1) is 38.3. The lowest BCUT2D eigenvalue weighted by molar-refractivity contribution is -0.147. The van der Waals surface area contributed by atoms with E-state index in [9.17, 15) is 43.2 Å². The van der Waals surface area contributed by atoms with Gasteiger partial charge in [-0.15, -0.1) is 20.4 Å². The number of carbonyl (C=O) groups is 7. The lowest BCUT2D eigenvalue weighted by Gasteiger charge is -2.41. The molecule has 27 heteroatoms. The van der Waals surface area contributed by atoms with Gasteiger partial charge in [-0.05, 0) is 61.6 Å². The lowest BCUT2D eigenvalue weighted by atomic mass is 9.89. The summed E-state index contributed by atoms with van der Waals surface area (Å²) in [5, 5.41) is 36.8. The monoisotopic (exact) mass is 1190 g/mol. The van der Waals surface area contributed by atoms with E-state index in [0.717, 1.165) is 12.8 Å². The van der Waals surface area contributed by atoms with Gasteiger partial charge in [0, 0.05) is 64.1 Å². The van der Waals surface area contributed by atoms with Crippen LogP contribution in [0, 0.1) is 23.7 Å². The maximum Gasteiger partial charge on any atom is 0.333 e. The minimum Gasteiger partial charge on any atom is -0.386 e. The third-order valence-corrected chi connectivity index (χ3v) is 17.4. The topological polar surface area (TPSA) is 329 Å². The second kappa shape index (κ2) is 32.9. The Hall–Kier alpha value is -5.63. The summed E-state index contributed by atoms with van der Waals surface area (Å²) in [4.78, 5) is 122. The molecule has 4 rings (SSSR count). The number of aromatic nitrogens is 5. The van der Waals surface area contributed by atoms with Crippen molar-refractivity contribution in [2.75, 3.05) is 51.1 Å². The van der Waals surface area contributed by atoms with Crippen LogP contribution in [-0.2, 0) is 49.0 Å². The molecule has 0 unspecified atom stereocenters. The summed E-state index contributed by atoms with van der Waals surface area (Å²) < 4.78 is 17.2. The van der Waals surface area contributed by atoms with Crippen LogP contribution in [-0.4, -0.2) is 178 Å². The van der Waals surface area contributed by atoms with E-state index in [1.807, 2.05) is 83.7 Å². The summed E-state index contributed by atoms with van der Waals surface area (Å²) in [5.41, 5.74) is 1.28. The molecule has 3 aromatic rings. The van der Waals surface area contributed by atoms with Gasteiger partial charge in [-0.3, -0.25) is 43.1 Å². The fraction of sp³-hybridized carbons (Fsp3) is 0.630. The van der Waals surface area contributed by atoms with Crippen LogP contribution in [0.2, 0.25) is 0 Å². The third kappa shape index (κ3) is 21.3. The van der Waals surface area contributed by atoms with Crippen molar-refractivity contribution >= 4 is 76.2 Å². The zero-order chi connectivity index (χ0) is 60.1. The zero-order valence-electron chi connectivity index (χ0n) is 48.3. The number of nitrogens with one attached hydrogen (secondary N) is 4. The van der Waals surface area contributed by atoms with E-state index < -0.39 is 67.9 Å². The van der Waals surface area contributed by atoms with E-state index in [0.29, 0.717) is 42.1 Å². The molecule has 1 saturated heterocycles. The molecule has 7 N–H and O–H groups in total. The Bertz CT molecular complexity index is 2590. The van der Waals surface area contributed by atoms with E-state index in [4.69, 9.17) is 14.5 Å². The number of likely N-dealkylation sites (N-methyl/N-ethyl adjacent to an activating group) is 2. The number of ether oxygens (including phenoxy) is 1. The Morgan fingerprint density at radius 1 is 0.840 bits per heavy atom. The SMILES string of the molecule is CC[C@H](C)[C@@H]([C@@H](CC(=O)N1CCC[C@H]1C[C@@H](C)C(=O)N[C@H](C)[C@@H](O)c1ccccc1)OC)N(C)C(=O)[C@@H](NC(=O)[C@H](C(C)C)N(C)C(=O)CCSSCCC(=O)NCC(=O)Nc1ccc(-c2nnc(CP(=O)(O)O)nn2)nc1)C(C)C. The first-order valence-corrected chi connectivity index (χ1v) is 31.6. The number of pyridine rings is 1. The molecule has 1 fully saturated rings. The van der Waals surface area contributed by atoms with Gasteiger partial charge in [0.2, 0.25) is 47.2 Å². The van der Waals surface area contributed by atoms with Crippen molar-refractivity contribution in [2.24, 2.45) is 23.7 Å². The molecule has 0 bridgehead atoms. The summed E-state index contributed by atoms with van der Waals surface area (Å²) in [6, 6.07) is 9.05. The van der Waals surface area contributed by atoms with Gasteiger partial charge in [-0.2, -0.15) is 0 Å². The molecule has 0 spiro atoms. The molecule has 0 aliphatic carbocycles. The minimum atomic E-state index is -4.39. The second-order valence-electron chi connectivity index (χ2n) is 21.3. The van der Waals surface area contributed by atoms with Gasteiger partial charge in [-0.1, -0.05) is 107 Å². The average Bonchev–Trinajstić information content (AvgIpc) is 3.90. The molecule has 448 valence electrons. The van der Waals surface area contributed by atoms with Crippen LogP contribution in [0.25, 0.3) is 11.5 Å². The van der Waals surface area contributed by atoms with Crippen molar-refractivity contribution < 1.29 is 57.8 Å². The Labute approximate surface area is 483 Å². The number of methoxy groups -OCH3 is 1. The minimum absolute atomic E-state index is 0.00437. The predicted octanol–water partition coefficient (Wildman–Crippen LogP) is 4.38. The van der Waals surface area contributed by atoms with Gasteiger partial charge in [0.05, 0.1) is 49.1 Å². The normalized spacial score (nSPS) is 16.5. The highest BCUT2D eigenvalue weighted by molar-refractivity contribution is 8.76. The van der Waals surface area contributed by atoms with E-state index in [-0.39, 0.29) is 96.5 Å². The van der Waals surface area contributed by atoms with E-state index in [1.165, 1.54) is 51.9 Å². The first kappa shape index (κ1) is 67.9. The number of hydrogen-bond acceptors (Lipinski definition) is 17. The number of benzene rings is 1. The number of aliphatic hydroxyl groups is 1. The second-order valence-corrected chi connectivity index (χ2v) is 25.6. The summed E-state index contributed by atoms with van der Waals surface area (Å²) in [6.45, 7) is 15.2.